The maximum Gasteiger partial charge on any atom is 0.165 e. The van der Waals surface area contributed by atoms with Crippen molar-refractivity contribution < 1.29 is 14.6 Å². The fraction of sp³-hybridized carbons (Fsp3) is 0.250. The Kier molecular flexibility index (Phi) is 5.82. The normalized spacial score (nSPS) is 12.2. The van der Waals surface area contributed by atoms with Gasteiger partial charge in [0.2, 0.25) is 0 Å². The zero-order valence-corrected chi connectivity index (χ0v) is 16.1. The summed E-state index contributed by atoms with van der Waals surface area (Å²) in [6.45, 7) is 7.83. The van der Waals surface area contributed by atoms with E-state index in [9.17, 15) is 5.11 Å². The molecule has 0 saturated carbocycles. The molecule has 1 unspecified atom stereocenters. The molecule has 0 aliphatic heterocycles. The minimum Gasteiger partial charge on any atom is -0.493 e. The first kappa shape index (κ1) is 19.0. The lowest BCUT2D eigenvalue weighted by atomic mass is 9.91. The second-order valence-corrected chi connectivity index (χ2v) is 6.80. The van der Waals surface area contributed by atoms with Crippen molar-refractivity contribution in [2.24, 2.45) is 0 Å². The van der Waals surface area contributed by atoms with Gasteiger partial charge < -0.3 is 14.6 Å². The molecule has 0 radical (unpaired) electrons. The van der Waals surface area contributed by atoms with Gasteiger partial charge in [-0.05, 0) is 48.2 Å². The van der Waals surface area contributed by atoms with Gasteiger partial charge in [-0.25, -0.2) is 0 Å². The van der Waals surface area contributed by atoms with Crippen LogP contribution in [-0.4, -0.2) is 18.3 Å². The van der Waals surface area contributed by atoms with E-state index in [1.54, 1.807) is 7.11 Å². The Morgan fingerprint density at radius 1 is 1.00 bits per heavy atom. The molecule has 1 N–H and O–H groups in total. The Hall–Kier alpha value is -2.78. The second kappa shape index (κ2) is 8.28. The first-order valence-corrected chi connectivity index (χ1v) is 9.19. The van der Waals surface area contributed by atoms with E-state index in [1.165, 1.54) is 0 Å². The molecule has 0 saturated heterocycles. The minimum absolute atomic E-state index is 0.00702. The third-order valence-corrected chi connectivity index (χ3v) is 4.60. The summed E-state index contributed by atoms with van der Waals surface area (Å²) < 4.78 is 11.6. The minimum atomic E-state index is -0.772. The zero-order chi connectivity index (χ0) is 19.4. The van der Waals surface area contributed by atoms with Crippen LogP contribution in [0.5, 0.6) is 11.5 Å². The van der Waals surface area contributed by atoms with Crippen LogP contribution in [0, 0.1) is 0 Å². The van der Waals surface area contributed by atoms with Gasteiger partial charge in [0.25, 0.3) is 0 Å². The Morgan fingerprint density at radius 2 is 1.74 bits per heavy atom. The molecule has 3 aromatic carbocycles. The Morgan fingerprint density at radius 3 is 2.44 bits per heavy atom. The topological polar surface area (TPSA) is 38.7 Å². The maximum absolute atomic E-state index is 11.3. The lowest BCUT2D eigenvalue weighted by Gasteiger charge is -2.23. The first-order chi connectivity index (χ1) is 13.1. The second-order valence-electron chi connectivity index (χ2n) is 6.80. The van der Waals surface area contributed by atoms with Gasteiger partial charge in [-0.1, -0.05) is 54.6 Å². The predicted octanol–water partition coefficient (Wildman–Crippen LogP) is 5.45. The number of aliphatic hydroxyl groups is 1. The summed E-state index contributed by atoms with van der Waals surface area (Å²) in [5.41, 5.74) is 2.58. The molecule has 0 amide bonds. The number of aliphatic hydroxyl groups excluding tert-OH is 1. The molecule has 3 rings (SSSR count). The van der Waals surface area contributed by atoms with Crippen LogP contribution in [0.1, 0.15) is 36.6 Å². The smallest absolute Gasteiger partial charge is 0.165 e. The highest BCUT2D eigenvalue weighted by molar-refractivity contribution is 5.86. The summed E-state index contributed by atoms with van der Waals surface area (Å²) in [5.74, 6) is 1.33. The number of hydrogen-bond donors (Lipinski definition) is 1. The van der Waals surface area contributed by atoms with Gasteiger partial charge in [0.15, 0.2) is 11.5 Å². The lowest BCUT2D eigenvalue weighted by Crippen LogP contribution is -2.12. The monoisotopic (exact) mass is 362 g/mol. The van der Waals surface area contributed by atoms with E-state index < -0.39 is 6.10 Å². The Labute approximate surface area is 160 Å². The molecular weight excluding hydrogens is 336 g/mol. The quantitative estimate of drug-likeness (QED) is 0.568. The van der Waals surface area contributed by atoms with Gasteiger partial charge >= 0.3 is 0 Å². The number of methoxy groups -OCH3 is 1. The summed E-state index contributed by atoms with van der Waals surface area (Å²) in [6, 6.07) is 17.9. The molecule has 140 valence electrons. The van der Waals surface area contributed by atoms with Crippen molar-refractivity contribution in [1.82, 2.24) is 0 Å². The van der Waals surface area contributed by atoms with Gasteiger partial charge in [-0.2, -0.15) is 0 Å². The lowest BCUT2D eigenvalue weighted by molar-refractivity contribution is 0.212. The van der Waals surface area contributed by atoms with E-state index in [-0.39, 0.29) is 6.10 Å². The van der Waals surface area contributed by atoms with E-state index in [2.05, 4.69) is 18.7 Å². The van der Waals surface area contributed by atoms with Crippen LogP contribution < -0.4 is 9.47 Å². The van der Waals surface area contributed by atoms with Crippen LogP contribution in [-0.2, 0) is 6.42 Å². The van der Waals surface area contributed by atoms with E-state index in [0.29, 0.717) is 17.9 Å². The molecule has 0 fully saturated rings. The van der Waals surface area contributed by atoms with Crippen molar-refractivity contribution >= 4 is 10.8 Å². The fourth-order valence-electron chi connectivity index (χ4n) is 3.41. The number of ether oxygens (including phenoxy) is 2. The van der Waals surface area contributed by atoms with E-state index in [0.717, 1.165) is 27.5 Å². The Balaban J connectivity index is 2.18. The standard InChI is InChI=1S/C24H26O3/c1-5-9-21-20(14-15-22(26-4)24(21)27-16(2)3)23(25)19-13-8-11-17-10-6-7-12-18(17)19/h5-8,10-16,23,25H,1,9H2,2-4H3. The molecule has 3 nitrogen and oxygen atoms in total. The van der Waals surface area contributed by atoms with Gasteiger partial charge in [-0.3, -0.25) is 0 Å². The van der Waals surface area contributed by atoms with Gasteiger partial charge in [0.05, 0.1) is 13.2 Å². The van der Waals surface area contributed by atoms with Gasteiger partial charge in [-0.15, -0.1) is 6.58 Å². The average molecular weight is 362 g/mol. The molecule has 0 spiro atoms. The SMILES string of the molecule is C=CCc1c(C(O)c2cccc3ccccc23)ccc(OC)c1OC(C)C. The highest BCUT2D eigenvalue weighted by Gasteiger charge is 2.22. The van der Waals surface area contributed by atoms with E-state index >= 15 is 0 Å². The molecule has 27 heavy (non-hydrogen) atoms. The van der Waals surface area contributed by atoms with E-state index in [1.807, 2.05) is 62.4 Å². The third kappa shape index (κ3) is 3.83. The van der Waals surface area contributed by atoms with Crippen molar-refractivity contribution in [3.8, 4) is 11.5 Å². The zero-order valence-electron chi connectivity index (χ0n) is 16.1. The average Bonchev–Trinajstić information content (AvgIpc) is 2.68. The number of rotatable bonds is 7. The van der Waals surface area contributed by atoms with Crippen molar-refractivity contribution in [3.05, 3.63) is 83.9 Å². The van der Waals surface area contributed by atoms with Crippen molar-refractivity contribution in [3.63, 3.8) is 0 Å². The summed E-state index contributed by atoms with van der Waals surface area (Å²) >= 11 is 0. The van der Waals surface area contributed by atoms with Crippen LogP contribution >= 0.6 is 0 Å². The molecule has 1 atom stereocenters. The van der Waals surface area contributed by atoms with Crippen molar-refractivity contribution in [1.29, 1.82) is 0 Å². The molecule has 3 aromatic rings. The van der Waals surface area contributed by atoms with Crippen LogP contribution in [0.25, 0.3) is 10.8 Å². The highest BCUT2D eigenvalue weighted by Crippen LogP contribution is 2.40. The van der Waals surface area contributed by atoms with Gasteiger partial charge in [0, 0.05) is 5.56 Å². The first-order valence-electron chi connectivity index (χ1n) is 9.19. The van der Waals surface area contributed by atoms with E-state index in [4.69, 9.17) is 9.47 Å². The molecule has 0 bridgehead atoms. The van der Waals surface area contributed by atoms with Crippen molar-refractivity contribution in [2.45, 2.75) is 32.5 Å². The predicted molar refractivity (Wildman–Crippen MR) is 111 cm³/mol. The fourth-order valence-corrected chi connectivity index (χ4v) is 3.41. The van der Waals surface area contributed by atoms with Crippen LogP contribution in [0.3, 0.4) is 0 Å². The number of hydrogen-bond acceptors (Lipinski definition) is 3. The largest absolute Gasteiger partial charge is 0.493 e. The summed E-state index contributed by atoms with van der Waals surface area (Å²) in [5, 5.41) is 13.4. The molecule has 3 heteroatoms. The van der Waals surface area contributed by atoms with Gasteiger partial charge in [0.1, 0.15) is 6.10 Å². The summed E-state index contributed by atoms with van der Waals surface area (Å²) in [7, 11) is 1.63. The number of fused-ring (bicyclic) bond motifs is 1. The van der Waals surface area contributed by atoms with Crippen LogP contribution in [0.4, 0.5) is 0 Å². The molecule has 0 aliphatic rings. The summed E-state index contributed by atoms with van der Waals surface area (Å²) in [4.78, 5) is 0. The Bertz CT molecular complexity index is 938. The molecule has 0 heterocycles. The molecular formula is C24H26O3. The number of allylic oxidation sites excluding steroid dienone is 1. The number of benzene rings is 3. The maximum atomic E-state index is 11.3. The molecule has 0 aromatic heterocycles. The van der Waals surface area contributed by atoms with Crippen LogP contribution in [0.2, 0.25) is 0 Å². The summed E-state index contributed by atoms with van der Waals surface area (Å²) in [6.07, 6.45) is 1.62. The molecule has 0 aliphatic carbocycles. The third-order valence-electron chi connectivity index (χ3n) is 4.60. The van der Waals surface area contributed by atoms with Crippen molar-refractivity contribution in [2.75, 3.05) is 7.11 Å². The highest BCUT2D eigenvalue weighted by atomic mass is 16.5. The van der Waals surface area contributed by atoms with Crippen LogP contribution in [0.15, 0.2) is 67.3 Å².